The van der Waals surface area contributed by atoms with Crippen molar-refractivity contribution >= 4 is 17.6 Å². The van der Waals surface area contributed by atoms with E-state index in [0.717, 1.165) is 11.1 Å². The lowest BCUT2D eigenvalue weighted by Gasteiger charge is -2.26. The van der Waals surface area contributed by atoms with E-state index in [4.69, 9.17) is 4.74 Å². The van der Waals surface area contributed by atoms with E-state index in [1.165, 1.54) is 12.1 Å². The third-order valence-electron chi connectivity index (χ3n) is 4.66. The van der Waals surface area contributed by atoms with Crippen LogP contribution in [0, 0.1) is 17.0 Å². The Labute approximate surface area is 162 Å². The van der Waals surface area contributed by atoms with Crippen molar-refractivity contribution in [2.75, 3.05) is 0 Å². The Balaban J connectivity index is 1.86. The summed E-state index contributed by atoms with van der Waals surface area (Å²) in [5.74, 6) is -1.39. The van der Waals surface area contributed by atoms with E-state index in [-0.39, 0.29) is 24.6 Å². The lowest BCUT2D eigenvalue weighted by molar-refractivity contribution is -0.384. The SMILES string of the molecule is CC1=C(C(=O)OCc2ccc(C)cc2)C(c2cccc([N+](=O)[O-])c2)CC(=O)N1. The highest BCUT2D eigenvalue weighted by molar-refractivity contribution is 5.95. The van der Waals surface area contributed by atoms with Crippen LogP contribution in [0.25, 0.3) is 0 Å². The second-order valence-electron chi connectivity index (χ2n) is 6.76. The first-order valence-corrected chi connectivity index (χ1v) is 8.83. The molecule has 7 nitrogen and oxygen atoms in total. The molecule has 1 unspecified atom stereocenters. The smallest absolute Gasteiger partial charge is 0.336 e. The number of aryl methyl sites for hydroxylation is 1. The molecule has 0 saturated carbocycles. The number of carbonyl (C=O) groups excluding carboxylic acids is 2. The number of nitro groups is 1. The maximum absolute atomic E-state index is 12.8. The van der Waals surface area contributed by atoms with Gasteiger partial charge in [0.25, 0.3) is 5.69 Å². The van der Waals surface area contributed by atoms with Gasteiger partial charge in [-0.15, -0.1) is 0 Å². The average Bonchev–Trinajstić information content (AvgIpc) is 2.66. The Kier molecular flexibility index (Phi) is 5.54. The van der Waals surface area contributed by atoms with E-state index in [2.05, 4.69) is 5.32 Å². The molecule has 1 aliphatic rings. The summed E-state index contributed by atoms with van der Waals surface area (Å²) in [7, 11) is 0. The molecular formula is C21H20N2O5. The number of nitrogens with zero attached hydrogens (tertiary/aromatic N) is 1. The van der Waals surface area contributed by atoms with E-state index < -0.39 is 16.8 Å². The minimum absolute atomic E-state index is 0.0213. The number of ether oxygens (including phenoxy) is 1. The van der Waals surface area contributed by atoms with Crippen LogP contribution in [-0.4, -0.2) is 16.8 Å². The van der Waals surface area contributed by atoms with Crippen molar-refractivity contribution in [2.24, 2.45) is 0 Å². The maximum Gasteiger partial charge on any atom is 0.336 e. The van der Waals surface area contributed by atoms with Crippen LogP contribution in [0.15, 0.2) is 59.8 Å². The van der Waals surface area contributed by atoms with Crippen LogP contribution in [0.4, 0.5) is 5.69 Å². The van der Waals surface area contributed by atoms with E-state index in [9.17, 15) is 19.7 Å². The number of amides is 1. The molecule has 0 fully saturated rings. The molecule has 7 heteroatoms. The number of esters is 1. The van der Waals surface area contributed by atoms with E-state index in [1.807, 2.05) is 31.2 Å². The first-order chi connectivity index (χ1) is 13.3. The second-order valence-corrected chi connectivity index (χ2v) is 6.76. The Morgan fingerprint density at radius 2 is 1.93 bits per heavy atom. The van der Waals surface area contributed by atoms with Gasteiger partial charge >= 0.3 is 5.97 Å². The molecular weight excluding hydrogens is 360 g/mol. The van der Waals surface area contributed by atoms with Gasteiger partial charge in [-0.25, -0.2) is 4.79 Å². The average molecular weight is 380 g/mol. The zero-order chi connectivity index (χ0) is 20.3. The van der Waals surface area contributed by atoms with Crippen molar-refractivity contribution in [3.8, 4) is 0 Å². The summed E-state index contributed by atoms with van der Waals surface area (Å²) in [6.07, 6.45) is 0.0213. The summed E-state index contributed by atoms with van der Waals surface area (Å²) in [5.41, 5.74) is 3.12. The fraction of sp³-hybridized carbons (Fsp3) is 0.238. The second kappa shape index (κ2) is 8.04. The molecule has 28 heavy (non-hydrogen) atoms. The molecule has 0 saturated heterocycles. The van der Waals surface area contributed by atoms with Crippen LogP contribution in [-0.2, 0) is 20.9 Å². The first-order valence-electron chi connectivity index (χ1n) is 8.83. The molecule has 0 aromatic heterocycles. The molecule has 0 bridgehead atoms. The minimum Gasteiger partial charge on any atom is -0.457 e. The van der Waals surface area contributed by atoms with Crippen molar-refractivity contribution in [2.45, 2.75) is 32.8 Å². The molecule has 1 heterocycles. The van der Waals surface area contributed by atoms with Gasteiger partial charge in [0, 0.05) is 30.2 Å². The van der Waals surface area contributed by atoms with Crippen molar-refractivity contribution in [3.63, 3.8) is 0 Å². The number of benzene rings is 2. The zero-order valence-corrected chi connectivity index (χ0v) is 15.6. The monoisotopic (exact) mass is 380 g/mol. The summed E-state index contributed by atoms with van der Waals surface area (Å²) in [5, 5.41) is 13.7. The van der Waals surface area contributed by atoms with Crippen LogP contribution in [0.5, 0.6) is 0 Å². The summed E-state index contributed by atoms with van der Waals surface area (Å²) in [4.78, 5) is 35.4. The molecule has 1 N–H and O–H groups in total. The van der Waals surface area contributed by atoms with Crippen molar-refractivity contribution in [1.29, 1.82) is 0 Å². The third-order valence-corrected chi connectivity index (χ3v) is 4.66. The molecule has 2 aromatic rings. The van der Waals surface area contributed by atoms with Gasteiger partial charge in [0.15, 0.2) is 0 Å². The Bertz CT molecular complexity index is 963. The van der Waals surface area contributed by atoms with Gasteiger partial charge in [-0.1, -0.05) is 42.0 Å². The molecule has 3 rings (SSSR count). The summed E-state index contributed by atoms with van der Waals surface area (Å²) in [6.45, 7) is 3.70. The standard InChI is InChI=1S/C21H20N2O5/c1-13-6-8-15(9-7-13)12-28-21(25)20-14(2)22-19(24)11-18(20)16-4-3-5-17(10-16)23(26)27/h3-10,18H,11-12H2,1-2H3,(H,22,24). The van der Waals surface area contributed by atoms with Crippen molar-refractivity contribution < 1.29 is 19.2 Å². The number of allylic oxidation sites excluding steroid dienone is 1. The number of hydrogen-bond donors (Lipinski definition) is 1. The van der Waals surface area contributed by atoms with Crippen LogP contribution >= 0.6 is 0 Å². The summed E-state index contributed by atoms with van der Waals surface area (Å²) in [6, 6.07) is 13.6. The molecule has 0 radical (unpaired) electrons. The zero-order valence-electron chi connectivity index (χ0n) is 15.6. The molecule has 1 amide bonds. The van der Waals surface area contributed by atoms with Gasteiger partial charge in [0.1, 0.15) is 6.61 Å². The molecule has 144 valence electrons. The summed E-state index contributed by atoms with van der Waals surface area (Å²) >= 11 is 0. The number of nitro benzene ring substituents is 1. The van der Waals surface area contributed by atoms with Crippen LogP contribution in [0.3, 0.4) is 0 Å². The molecule has 1 atom stereocenters. The number of carbonyl (C=O) groups is 2. The predicted octanol–water partition coefficient (Wildman–Crippen LogP) is 3.52. The molecule has 1 aliphatic heterocycles. The number of hydrogen-bond acceptors (Lipinski definition) is 5. The van der Waals surface area contributed by atoms with Gasteiger partial charge in [-0.05, 0) is 25.0 Å². The van der Waals surface area contributed by atoms with Crippen LogP contribution in [0.2, 0.25) is 0 Å². The Morgan fingerprint density at radius 1 is 1.21 bits per heavy atom. The number of rotatable bonds is 5. The number of non-ortho nitro benzene ring substituents is 1. The van der Waals surface area contributed by atoms with Crippen LogP contribution in [0.1, 0.15) is 36.0 Å². The predicted molar refractivity (Wildman–Crippen MR) is 102 cm³/mol. The topological polar surface area (TPSA) is 98.5 Å². The maximum atomic E-state index is 12.8. The normalized spacial score (nSPS) is 16.5. The molecule has 0 spiro atoms. The number of nitrogens with one attached hydrogen (secondary N) is 1. The highest BCUT2D eigenvalue weighted by atomic mass is 16.6. The first kappa shape index (κ1) is 19.3. The van der Waals surface area contributed by atoms with Gasteiger partial charge in [-0.3, -0.25) is 14.9 Å². The molecule has 0 aliphatic carbocycles. The highest BCUT2D eigenvalue weighted by Gasteiger charge is 2.33. The lowest BCUT2D eigenvalue weighted by atomic mass is 9.84. The lowest BCUT2D eigenvalue weighted by Crippen LogP contribution is -2.34. The van der Waals surface area contributed by atoms with Gasteiger partial charge in [0.05, 0.1) is 10.5 Å². The quantitative estimate of drug-likeness (QED) is 0.486. The van der Waals surface area contributed by atoms with E-state index in [0.29, 0.717) is 16.8 Å². The van der Waals surface area contributed by atoms with Crippen molar-refractivity contribution in [1.82, 2.24) is 5.32 Å². The fourth-order valence-electron chi connectivity index (χ4n) is 3.22. The molecule has 2 aromatic carbocycles. The van der Waals surface area contributed by atoms with E-state index in [1.54, 1.807) is 19.1 Å². The van der Waals surface area contributed by atoms with Crippen molar-refractivity contribution in [3.05, 3.63) is 86.6 Å². The highest BCUT2D eigenvalue weighted by Crippen LogP contribution is 2.35. The Hall–Kier alpha value is -3.48. The van der Waals surface area contributed by atoms with Gasteiger partial charge < -0.3 is 10.1 Å². The Morgan fingerprint density at radius 3 is 2.61 bits per heavy atom. The van der Waals surface area contributed by atoms with Crippen LogP contribution < -0.4 is 5.32 Å². The largest absolute Gasteiger partial charge is 0.457 e. The van der Waals surface area contributed by atoms with Gasteiger partial charge in [-0.2, -0.15) is 0 Å². The summed E-state index contributed by atoms with van der Waals surface area (Å²) < 4.78 is 5.46. The van der Waals surface area contributed by atoms with Gasteiger partial charge in [0.2, 0.25) is 5.91 Å². The minimum atomic E-state index is -0.598. The fourth-order valence-corrected chi connectivity index (χ4v) is 3.22. The third kappa shape index (κ3) is 4.25. The van der Waals surface area contributed by atoms with E-state index >= 15 is 0 Å².